The third kappa shape index (κ3) is 4.49. The number of amides is 1. The van der Waals surface area contributed by atoms with E-state index in [1.165, 1.54) is 29.6 Å². The minimum Gasteiger partial charge on any atom is -0.496 e. The van der Waals surface area contributed by atoms with E-state index in [2.05, 4.69) is 27.9 Å². The van der Waals surface area contributed by atoms with Crippen LogP contribution in [0.3, 0.4) is 0 Å². The van der Waals surface area contributed by atoms with Crippen LogP contribution in [-0.2, 0) is 10.0 Å². The van der Waals surface area contributed by atoms with Crippen LogP contribution in [0.25, 0.3) is 0 Å². The van der Waals surface area contributed by atoms with E-state index in [1.54, 1.807) is 0 Å². The van der Waals surface area contributed by atoms with Crippen LogP contribution in [0, 0.1) is 10.5 Å². The molecule has 0 aliphatic carbocycles. The molecular weight excluding hydrogens is 491 g/mol. The molecule has 2 aromatic carbocycles. The largest absolute Gasteiger partial charge is 0.496 e. The fraction of sp³-hybridized carbons (Fsp3) is 0.350. The number of methoxy groups -OCH3 is 1. The van der Waals surface area contributed by atoms with Gasteiger partial charge in [-0.2, -0.15) is 4.31 Å². The molecule has 3 rings (SSSR count). The van der Waals surface area contributed by atoms with E-state index in [1.807, 2.05) is 25.1 Å². The number of sulfonamides is 1. The van der Waals surface area contributed by atoms with E-state index in [4.69, 9.17) is 4.74 Å². The lowest BCUT2D eigenvalue weighted by atomic mass is 10.1. The number of hydrogen-bond donors (Lipinski definition) is 1. The summed E-state index contributed by atoms with van der Waals surface area (Å²) in [5.41, 5.74) is 1.80. The van der Waals surface area contributed by atoms with Crippen LogP contribution in [-0.4, -0.2) is 38.8 Å². The molecular formula is C20H23IN2O4S. The number of rotatable bonds is 5. The van der Waals surface area contributed by atoms with E-state index in [0.29, 0.717) is 24.5 Å². The monoisotopic (exact) mass is 514 g/mol. The molecule has 0 unspecified atom stereocenters. The highest BCUT2D eigenvalue weighted by atomic mass is 127. The Morgan fingerprint density at radius 1 is 1.11 bits per heavy atom. The number of benzene rings is 2. The van der Waals surface area contributed by atoms with Crippen molar-refractivity contribution in [2.75, 3.05) is 25.5 Å². The second kappa shape index (κ2) is 8.79. The predicted molar refractivity (Wildman–Crippen MR) is 117 cm³/mol. The quantitative estimate of drug-likeness (QED) is 0.612. The molecule has 1 saturated heterocycles. The summed E-state index contributed by atoms with van der Waals surface area (Å²) in [5.74, 6) is -0.0740. The van der Waals surface area contributed by atoms with E-state index < -0.39 is 15.9 Å². The molecule has 1 N–H and O–H groups in total. The maximum Gasteiger partial charge on any atom is 0.259 e. The molecule has 0 aromatic heterocycles. The molecule has 1 amide bonds. The van der Waals surface area contributed by atoms with Gasteiger partial charge < -0.3 is 10.1 Å². The summed E-state index contributed by atoms with van der Waals surface area (Å²) < 4.78 is 33.8. The van der Waals surface area contributed by atoms with Gasteiger partial charge in [0.05, 0.1) is 17.6 Å². The first-order chi connectivity index (χ1) is 13.3. The van der Waals surface area contributed by atoms with Gasteiger partial charge in [-0.15, -0.1) is 0 Å². The molecule has 0 atom stereocenters. The Morgan fingerprint density at radius 2 is 1.82 bits per heavy atom. The first kappa shape index (κ1) is 21.1. The highest BCUT2D eigenvalue weighted by Crippen LogP contribution is 2.27. The number of carbonyl (C=O) groups excluding carboxylic acids is 1. The fourth-order valence-corrected chi connectivity index (χ4v) is 5.43. The highest BCUT2D eigenvalue weighted by molar-refractivity contribution is 14.1. The predicted octanol–water partition coefficient (Wildman–Crippen LogP) is 4.04. The van der Waals surface area contributed by atoms with Gasteiger partial charge in [-0.05, 0) is 84.3 Å². The van der Waals surface area contributed by atoms with E-state index in [-0.39, 0.29) is 10.5 Å². The first-order valence-corrected chi connectivity index (χ1v) is 11.6. The zero-order valence-corrected chi connectivity index (χ0v) is 18.8. The molecule has 1 fully saturated rings. The summed E-state index contributed by atoms with van der Waals surface area (Å²) in [6.07, 6.45) is 2.75. The molecule has 1 aliphatic rings. The van der Waals surface area contributed by atoms with Crippen LogP contribution in [0.15, 0.2) is 41.3 Å². The van der Waals surface area contributed by atoms with E-state index >= 15 is 0 Å². The van der Waals surface area contributed by atoms with Crippen LogP contribution in [0.5, 0.6) is 5.75 Å². The van der Waals surface area contributed by atoms with Crippen molar-refractivity contribution in [1.82, 2.24) is 4.31 Å². The third-order valence-corrected chi connectivity index (χ3v) is 7.37. The summed E-state index contributed by atoms with van der Waals surface area (Å²) in [6.45, 7) is 2.93. The van der Waals surface area contributed by atoms with Gasteiger partial charge in [-0.3, -0.25) is 4.79 Å². The molecule has 6 nitrogen and oxygen atoms in total. The summed E-state index contributed by atoms with van der Waals surface area (Å²) in [6, 6.07) is 10.1. The lowest BCUT2D eigenvalue weighted by Gasteiger charge is -2.26. The van der Waals surface area contributed by atoms with Gasteiger partial charge in [0.15, 0.2) is 0 Å². The Labute approximate surface area is 179 Å². The van der Waals surface area contributed by atoms with E-state index in [0.717, 1.165) is 28.4 Å². The number of aryl methyl sites for hydroxylation is 1. The average Bonchev–Trinajstić information content (AvgIpc) is 2.70. The van der Waals surface area contributed by atoms with Crippen LogP contribution in [0.1, 0.15) is 35.2 Å². The maximum atomic E-state index is 13.0. The van der Waals surface area contributed by atoms with E-state index in [9.17, 15) is 13.2 Å². The normalized spacial score (nSPS) is 15.2. The maximum absolute atomic E-state index is 13.0. The number of hydrogen-bond acceptors (Lipinski definition) is 4. The van der Waals surface area contributed by atoms with Crippen LogP contribution in [0.2, 0.25) is 0 Å². The third-order valence-electron chi connectivity index (χ3n) is 4.81. The minimum absolute atomic E-state index is 0.111. The smallest absolute Gasteiger partial charge is 0.259 e. The standard InChI is InChI=1S/C20H23IN2O4S/c1-14-12-15(21)6-8-18(14)22-20(24)17-13-16(7-9-19(17)27-2)28(25,26)23-10-4-3-5-11-23/h6-9,12-13H,3-5,10-11H2,1-2H3,(H,22,24). The van der Waals surface area contributed by atoms with Gasteiger partial charge in [0.1, 0.15) is 5.75 Å². The van der Waals surface area contributed by atoms with Gasteiger partial charge in [0, 0.05) is 22.3 Å². The van der Waals surface area contributed by atoms with Crippen molar-refractivity contribution in [3.05, 3.63) is 51.1 Å². The van der Waals surface area contributed by atoms with Crippen molar-refractivity contribution in [2.24, 2.45) is 0 Å². The molecule has 8 heteroatoms. The first-order valence-electron chi connectivity index (χ1n) is 9.08. The zero-order chi connectivity index (χ0) is 20.3. The molecule has 0 saturated carbocycles. The summed E-state index contributed by atoms with van der Waals surface area (Å²) in [5, 5.41) is 2.86. The van der Waals surface area contributed by atoms with Crippen LogP contribution < -0.4 is 10.1 Å². The Hall–Kier alpha value is -1.65. The van der Waals surface area contributed by atoms with Crippen molar-refractivity contribution in [3.63, 3.8) is 0 Å². The van der Waals surface area contributed by atoms with Gasteiger partial charge in [0.25, 0.3) is 5.91 Å². The molecule has 2 aromatic rings. The number of nitrogens with zero attached hydrogens (tertiary/aromatic N) is 1. The number of carbonyl (C=O) groups is 1. The molecule has 28 heavy (non-hydrogen) atoms. The highest BCUT2D eigenvalue weighted by Gasteiger charge is 2.27. The SMILES string of the molecule is COc1ccc(S(=O)(=O)N2CCCCC2)cc1C(=O)Nc1ccc(I)cc1C. The van der Waals surface area contributed by atoms with Gasteiger partial charge in [-0.1, -0.05) is 6.42 Å². The van der Waals surface area contributed by atoms with Gasteiger partial charge >= 0.3 is 0 Å². The lowest BCUT2D eigenvalue weighted by molar-refractivity contribution is 0.102. The molecule has 0 radical (unpaired) electrons. The average molecular weight is 514 g/mol. The Morgan fingerprint density at radius 3 is 2.46 bits per heavy atom. The number of ether oxygens (including phenoxy) is 1. The summed E-state index contributed by atoms with van der Waals surface area (Å²) in [7, 11) is -2.17. The second-order valence-corrected chi connectivity index (χ2v) is 9.92. The molecule has 1 aliphatic heterocycles. The number of nitrogens with one attached hydrogen (secondary N) is 1. The number of anilines is 1. The molecule has 1 heterocycles. The lowest BCUT2D eigenvalue weighted by Crippen LogP contribution is -2.35. The van der Waals surface area contributed by atoms with Crippen LogP contribution in [0.4, 0.5) is 5.69 Å². The van der Waals surface area contributed by atoms with Gasteiger partial charge in [-0.25, -0.2) is 8.42 Å². The Bertz CT molecular complexity index is 986. The van der Waals surface area contributed by atoms with Gasteiger partial charge in [0.2, 0.25) is 10.0 Å². The fourth-order valence-electron chi connectivity index (χ4n) is 3.24. The van der Waals surface area contributed by atoms with Crippen molar-refractivity contribution >= 4 is 44.2 Å². The van der Waals surface area contributed by atoms with Crippen molar-refractivity contribution in [2.45, 2.75) is 31.1 Å². The Kier molecular flexibility index (Phi) is 6.61. The van der Waals surface area contributed by atoms with Crippen molar-refractivity contribution < 1.29 is 17.9 Å². The number of piperidine rings is 1. The van der Waals surface area contributed by atoms with Crippen molar-refractivity contribution in [1.29, 1.82) is 0 Å². The minimum atomic E-state index is -3.63. The molecule has 150 valence electrons. The van der Waals surface area contributed by atoms with Crippen molar-refractivity contribution in [3.8, 4) is 5.75 Å². The topological polar surface area (TPSA) is 75.7 Å². The molecule has 0 bridgehead atoms. The summed E-state index contributed by atoms with van der Waals surface area (Å²) in [4.78, 5) is 13.0. The second-order valence-electron chi connectivity index (χ2n) is 6.74. The molecule has 0 spiro atoms. The Balaban J connectivity index is 1.93. The van der Waals surface area contributed by atoms with Crippen LogP contribution >= 0.6 is 22.6 Å². The zero-order valence-electron chi connectivity index (χ0n) is 15.9. The number of halogens is 1. The summed E-state index contributed by atoms with van der Waals surface area (Å²) >= 11 is 2.21.